The second-order valence-electron chi connectivity index (χ2n) is 5.91. The summed E-state index contributed by atoms with van der Waals surface area (Å²) in [5.74, 6) is -2.96. The molecule has 0 aliphatic carbocycles. The number of carbonyl (C=O) groups is 3. The van der Waals surface area contributed by atoms with Crippen molar-refractivity contribution < 1.29 is 24.6 Å². The molecule has 0 saturated carbocycles. The van der Waals surface area contributed by atoms with E-state index in [4.69, 9.17) is 5.11 Å². The highest BCUT2D eigenvalue weighted by Gasteiger charge is 2.45. The van der Waals surface area contributed by atoms with Crippen LogP contribution in [0.2, 0.25) is 0 Å². The van der Waals surface area contributed by atoms with Crippen molar-refractivity contribution in [2.45, 2.75) is 12.5 Å². The van der Waals surface area contributed by atoms with Crippen molar-refractivity contribution in [1.29, 1.82) is 0 Å². The molecule has 1 fully saturated rings. The second-order valence-corrected chi connectivity index (χ2v) is 5.91. The van der Waals surface area contributed by atoms with Crippen LogP contribution in [0.5, 0.6) is 0 Å². The predicted octanol–water partition coefficient (Wildman–Crippen LogP) is 2.58. The lowest BCUT2D eigenvalue weighted by Gasteiger charge is -2.24. The molecule has 3 rings (SSSR count). The fourth-order valence-corrected chi connectivity index (χ4v) is 3.06. The van der Waals surface area contributed by atoms with Gasteiger partial charge in [0.1, 0.15) is 5.76 Å². The van der Waals surface area contributed by atoms with E-state index in [1.54, 1.807) is 60.7 Å². The molecule has 0 bridgehead atoms. The minimum Gasteiger partial charge on any atom is -0.507 e. The first kappa shape index (κ1) is 17.4. The minimum absolute atomic E-state index is 0.0298. The number of carbonyl (C=O) groups excluding carboxylic acids is 2. The van der Waals surface area contributed by atoms with Crippen LogP contribution in [-0.2, 0) is 14.4 Å². The van der Waals surface area contributed by atoms with Crippen LogP contribution in [0.25, 0.3) is 5.76 Å². The molecule has 0 radical (unpaired) electrons. The summed E-state index contributed by atoms with van der Waals surface area (Å²) in [4.78, 5) is 37.2. The Morgan fingerprint density at radius 3 is 2.08 bits per heavy atom. The summed E-state index contributed by atoms with van der Waals surface area (Å²) in [5, 5.41) is 19.7. The molecule has 2 N–H and O–H groups in total. The number of likely N-dealkylation sites (tertiary alicyclic amines) is 1. The zero-order chi connectivity index (χ0) is 18.7. The molecule has 6 nitrogen and oxygen atoms in total. The van der Waals surface area contributed by atoms with E-state index in [-0.39, 0.29) is 24.3 Å². The van der Waals surface area contributed by atoms with E-state index in [1.165, 1.54) is 4.90 Å². The lowest BCUT2D eigenvalue weighted by molar-refractivity contribution is -0.142. The van der Waals surface area contributed by atoms with Crippen molar-refractivity contribution in [1.82, 2.24) is 4.90 Å². The summed E-state index contributed by atoms with van der Waals surface area (Å²) < 4.78 is 0. The van der Waals surface area contributed by atoms with Crippen molar-refractivity contribution in [3.63, 3.8) is 0 Å². The number of nitrogens with zero attached hydrogens (tertiary/aromatic N) is 1. The van der Waals surface area contributed by atoms with Crippen molar-refractivity contribution in [2.24, 2.45) is 0 Å². The fourth-order valence-electron chi connectivity index (χ4n) is 3.06. The van der Waals surface area contributed by atoms with Gasteiger partial charge in [-0.05, 0) is 5.56 Å². The Morgan fingerprint density at radius 1 is 0.923 bits per heavy atom. The third-order valence-electron chi connectivity index (χ3n) is 4.27. The Labute approximate surface area is 150 Å². The topological polar surface area (TPSA) is 94.9 Å². The summed E-state index contributed by atoms with van der Waals surface area (Å²) >= 11 is 0. The van der Waals surface area contributed by atoms with Crippen molar-refractivity contribution in [2.75, 3.05) is 6.54 Å². The number of hydrogen-bond acceptors (Lipinski definition) is 4. The number of benzene rings is 2. The van der Waals surface area contributed by atoms with Gasteiger partial charge in [0, 0.05) is 12.1 Å². The molecule has 1 aliphatic heterocycles. The predicted molar refractivity (Wildman–Crippen MR) is 94.1 cm³/mol. The van der Waals surface area contributed by atoms with Gasteiger partial charge in [-0.3, -0.25) is 14.4 Å². The van der Waals surface area contributed by atoms with Crippen LogP contribution >= 0.6 is 0 Å². The smallest absolute Gasteiger partial charge is 0.305 e. The van der Waals surface area contributed by atoms with E-state index in [0.29, 0.717) is 11.1 Å². The lowest BCUT2D eigenvalue weighted by atomic mass is 9.95. The number of carboxylic acid groups (broad SMARTS) is 1. The third kappa shape index (κ3) is 3.21. The van der Waals surface area contributed by atoms with Crippen molar-refractivity contribution >= 4 is 23.4 Å². The standard InChI is InChI=1S/C20H17NO5/c22-15(23)11-12-21-17(13-7-3-1-4-8-13)16(19(25)20(21)26)18(24)14-9-5-2-6-10-14/h1-10,17,24H,11-12H2,(H,22,23)/b18-16+/t17-/m1/s1. The molecule has 0 unspecified atom stereocenters. The summed E-state index contributed by atoms with van der Waals surface area (Å²) in [5.41, 5.74) is 1.03. The van der Waals surface area contributed by atoms with Crippen LogP contribution in [0.1, 0.15) is 23.6 Å². The van der Waals surface area contributed by atoms with Crippen molar-refractivity contribution in [3.05, 3.63) is 77.4 Å². The highest BCUT2D eigenvalue weighted by atomic mass is 16.4. The van der Waals surface area contributed by atoms with Crippen LogP contribution in [0.3, 0.4) is 0 Å². The monoisotopic (exact) mass is 351 g/mol. The maximum absolute atomic E-state index is 12.6. The van der Waals surface area contributed by atoms with E-state index in [0.717, 1.165) is 0 Å². The average molecular weight is 351 g/mol. The number of aliphatic carboxylic acids is 1. The Balaban J connectivity index is 2.13. The van der Waals surface area contributed by atoms with E-state index in [1.807, 2.05) is 0 Å². The van der Waals surface area contributed by atoms with E-state index < -0.39 is 23.7 Å². The van der Waals surface area contributed by atoms with Gasteiger partial charge in [0.25, 0.3) is 11.7 Å². The number of Topliss-reactive ketones (excluding diaryl/α,β-unsaturated/α-hetero) is 1. The number of hydrogen-bond donors (Lipinski definition) is 2. The number of carboxylic acids is 1. The van der Waals surface area contributed by atoms with Crippen LogP contribution in [0.15, 0.2) is 66.2 Å². The number of aliphatic hydroxyl groups is 1. The van der Waals surface area contributed by atoms with E-state index >= 15 is 0 Å². The highest BCUT2D eigenvalue weighted by molar-refractivity contribution is 6.46. The molecule has 132 valence electrons. The molecular formula is C20H17NO5. The van der Waals surface area contributed by atoms with E-state index in [2.05, 4.69) is 0 Å². The van der Waals surface area contributed by atoms with Gasteiger partial charge >= 0.3 is 5.97 Å². The molecule has 0 aromatic heterocycles. The SMILES string of the molecule is O=C(O)CCN1C(=O)C(=O)/C(=C(/O)c2ccccc2)[C@H]1c1ccccc1. The quantitative estimate of drug-likeness (QED) is 0.490. The van der Waals surface area contributed by atoms with E-state index in [9.17, 15) is 19.5 Å². The normalized spacial score (nSPS) is 18.9. The molecule has 2 aromatic rings. The average Bonchev–Trinajstić information content (AvgIpc) is 2.91. The summed E-state index contributed by atoms with van der Waals surface area (Å²) in [7, 11) is 0. The maximum atomic E-state index is 12.6. The Morgan fingerprint density at radius 2 is 1.50 bits per heavy atom. The zero-order valence-electron chi connectivity index (χ0n) is 13.8. The molecule has 1 heterocycles. The number of aliphatic hydroxyl groups excluding tert-OH is 1. The molecule has 1 saturated heterocycles. The first-order valence-electron chi connectivity index (χ1n) is 8.11. The molecule has 6 heteroatoms. The maximum Gasteiger partial charge on any atom is 0.305 e. The van der Waals surface area contributed by atoms with Crippen LogP contribution in [0, 0.1) is 0 Å². The second kappa shape index (κ2) is 7.23. The van der Waals surface area contributed by atoms with Gasteiger partial charge in [0.2, 0.25) is 0 Å². The van der Waals surface area contributed by atoms with Gasteiger partial charge in [-0.1, -0.05) is 60.7 Å². The van der Waals surface area contributed by atoms with Gasteiger partial charge in [0.15, 0.2) is 0 Å². The minimum atomic E-state index is -1.07. The molecule has 1 amide bonds. The molecular weight excluding hydrogens is 334 g/mol. The Kier molecular flexibility index (Phi) is 4.84. The molecule has 26 heavy (non-hydrogen) atoms. The summed E-state index contributed by atoms with van der Waals surface area (Å²) in [6.07, 6.45) is -0.290. The van der Waals surface area contributed by atoms with Gasteiger partial charge in [-0.2, -0.15) is 0 Å². The lowest BCUT2D eigenvalue weighted by Crippen LogP contribution is -2.31. The first-order valence-corrected chi connectivity index (χ1v) is 8.11. The fraction of sp³-hybridized carbons (Fsp3) is 0.150. The molecule has 1 atom stereocenters. The highest BCUT2D eigenvalue weighted by Crippen LogP contribution is 2.39. The number of ketones is 1. The van der Waals surface area contributed by atoms with Crippen LogP contribution in [-0.4, -0.2) is 39.3 Å². The largest absolute Gasteiger partial charge is 0.507 e. The van der Waals surface area contributed by atoms with Gasteiger partial charge in [0.05, 0.1) is 18.0 Å². The van der Waals surface area contributed by atoms with Gasteiger partial charge in [-0.25, -0.2) is 0 Å². The van der Waals surface area contributed by atoms with Crippen LogP contribution < -0.4 is 0 Å². The summed E-state index contributed by atoms with van der Waals surface area (Å²) in [6.45, 7) is -0.120. The number of amides is 1. The first-order chi connectivity index (χ1) is 12.5. The Bertz CT molecular complexity index is 874. The van der Waals surface area contributed by atoms with Crippen molar-refractivity contribution in [3.8, 4) is 0 Å². The third-order valence-corrected chi connectivity index (χ3v) is 4.27. The molecule has 0 spiro atoms. The zero-order valence-corrected chi connectivity index (χ0v) is 13.8. The molecule has 1 aliphatic rings. The summed E-state index contributed by atoms with van der Waals surface area (Å²) in [6, 6.07) is 16.5. The molecule has 2 aromatic carbocycles. The Hall–Kier alpha value is -3.41. The number of rotatable bonds is 5. The van der Waals surface area contributed by atoms with Gasteiger partial charge in [-0.15, -0.1) is 0 Å². The van der Waals surface area contributed by atoms with Gasteiger partial charge < -0.3 is 15.1 Å². The van der Waals surface area contributed by atoms with Crippen LogP contribution in [0.4, 0.5) is 0 Å².